The number of fused-ring (bicyclic) bond motifs is 1. The second kappa shape index (κ2) is 8.11. The number of aromatic nitrogens is 1. The quantitative estimate of drug-likeness (QED) is 0.289. The second-order valence-corrected chi connectivity index (χ2v) is 8.92. The van der Waals surface area contributed by atoms with Gasteiger partial charge in [-0.15, -0.1) is 11.8 Å². The van der Waals surface area contributed by atoms with Gasteiger partial charge in [0.2, 0.25) is 5.89 Å². The first-order valence-corrected chi connectivity index (χ1v) is 10.4. The maximum absolute atomic E-state index is 12.6. The van der Waals surface area contributed by atoms with E-state index < -0.39 is 11.0 Å². The van der Waals surface area contributed by atoms with Crippen molar-refractivity contribution < 1.29 is 30.8 Å². The molecule has 0 saturated carbocycles. The van der Waals surface area contributed by atoms with Gasteiger partial charge in [0.15, 0.2) is 5.58 Å². The molecule has 0 N–H and O–H groups in total. The van der Waals surface area contributed by atoms with E-state index in [4.69, 9.17) is 4.42 Å². The van der Waals surface area contributed by atoms with Crippen LogP contribution in [0.25, 0.3) is 22.6 Å². The maximum atomic E-state index is 12.6. The molecule has 2 nitrogen and oxygen atoms in total. The first kappa shape index (κ1) is 21.3. The van der Waals surface area contributed by atoms with E-state index in [0.717, 1.165) is 0 Å². The Morgan fingerprint density at radius 1 is 0.893 bits per heavy atom. The van der Waals surface area contributed by atoms with Crippen molar-refractivity contribution in [2.24, 2.45) is 0 Å². The molecule has 3 aromatic rings. The average Bonchev–Trinajstić information content (AvgIpc) is 2.95. The Labute approximate surface area is 168 Å². The van der Waals surface area contributed by atoms with Crippen LogP contribution < -0.4 is 0 Å². The van der Waals surface area contributed by atoms with E-state index in [9.17, 15) is 26.3 Å². The molecule has 1 heterocycles. The molecule has 0 radical (unpaired) electrons. The van der Waals surface area contributed by atoms with Gasteiger partial charge in [0.25, 0.3) is 0 Å². The molecule has 11 heteroatoms. The van der Waals surface area contributed by atoms with Crippen LogP contribution in [0.2, 0.25) is 0 Å². The Balaban J connectivity index is 1.98. The van der Waals surface area contributed by atoms with Crippen molar-refractivity contribution in [2.75, 3.05) is 5.75 Å². The number of hydrogen-bond acceptors (Lipinski definition) is 5. The highest BCUT2D eigenvalue weighted by Gasteiger charge is 2.30. The minimum Gasteiger partial charge on any atom is -0.436 e. The van der Waals surface area contributed by atoms with Crippen LogP contribution in [-0.2, 0) is 0 Å². The van der Waals surface area contributed by atoms with Crippen LogP contribution >= 0.6 is 35.3 Å². The highest BCUT2D eigenvalue weighted by molar-refractivity contribution is 8.00. The fourth-order valence-corrected chi connectivity index (χ4v) is 4.43. The number of hydrogen-bond donors (Lipinski definition) is 0. The highest BCUT2D eigenvalue weighted by Crippen LogP contribution is 2.42. The molecule has 0 aliphatic carbocycles. The zero-order valence-electron chi connectivity index (χ0n) is 14.0. The summed E-state index contributed by atoms with van der Waals surface area (Å²) < 4.78 is 81.1. The summed E-state index contributed by atoms with van der Waals surface area (Å²) in [5.74, 6) is 0.753. The molecule has 0 aliphatic heterocycles. The van der Waals surface area contributed by atoms with Crippen LogP contribution in [-0.4, -0.2) is 21.8 Å². The van der Waals surface area contributed by atoms with Crippen molar-refractivity contribution in [2.45, 2.75) is 32.6 Å². The third kappa shape index (κ3) is 5.54. The number of rotatable bonds is 5. The zero-order valence-corrected chi connectivity index (χ0v) is 16.5. The summed E-state index contributed by atoms with van der Waals surface area (Å²) >= 11 is 0.852. The molecule has 0 atom stereocenters. The largest absolute Gasteiger partial charge is 0.446 e. The van der Waals surface area contributed by atoms with Gasteiger partial charge in [-0.05, 0) is 65.7 Å². The van der Waals surface area contributed by atoms with Gasteiger partial charge in [0.05, 0.1) is 5.56 Å². The van der Waals surface area contributed by atoms with Crippen molar-refractivity contribution >= 4 is 46.4 Å². The summed E-state index contributed by atoms with van der Waals surface area (Å²) in [4.78, 5) is 4.79. The van der Waals surface area contributed by atoms with Crippen molar-refractivity contribution in [3.63, 3.8) is 0 Å². The molecule has 0 saturated heterocycles. The Morgan fingerprint density at radius 2 is 1.50 bits per heavy atom. The van der Waals surface area contributed by atoms with Crippen molar-refractivity contribution in [1.29, 1.82) is 0 Å². The van der Waals surface area contributed by atoms with Crippen LogP contribution in [0, 0.1) is 0 Å². The maximum Gasteiger partial charge on any atom is 0.446 e. The zero-order chi connectivity index (χ0) is 20.5. The van der Waals surface area contributed by atoms with E-state index in [1.165, 1.54) is 48.2 Å². The summed E-state index contributed by atoms with van der Waals surface area (Å²) in [5.41, 5.74) is -7.80. The molecule has 0 spiro atoms. The van der Waals surface area contributed by atoms with E-state index in [2.05, 4.69) is 4.98 Å². The van der Waals surface area contributed by atoms with E-state index >= 15 is 0 Å². The molecule has 0 fully saturated rings. The predicted octanol–water partition coefficient (Wildman–Crippen LogP) is 7.83. The lowest BCUT2D eigenvalue weighted by Gasteiger charge is -2.10. The molecule has 0 unspecified atom stereocenters. The SMILES string of the molecule is CCSc1cc(SC(F)(F)F)ccc1-c1nc2cc(SC(F)(F)F)ccc2o1. The average molecular weight is 455 g/mol. The molecule has 0 bridgehead atoms. The summed E-state index contributed by atoms with van der Waals surface area (Å²) in [7, 11) is 0. The summed E-state index contributed by atoms with van der Waals surface area (Å²) in [5, 5.41) is 0. The molecule has 0 aliphatic rings. The molecular formula is C17H11F6NOS3. The highest BCUT2D eigenvalue weighted by atomic mass is 32.2. The van der Waals surface area contributed by atoms with Crippen LogP contribution in [0.5, 0.6) is 0 Å². The van der Waals surface area contributed by atoms with Gasteiger partial charge < -0.3 is 4.42 Å². The van der Waals surface area contributed by atoms with Gasteiger partial charge in [-0.1, -0.05) is 6.92 Å². The summed E-state index contributed by atoms with van der Waals surface area (Å²) in [6.45, 7) is 1.85. The topological polar surface area (TPSA) is 26.0 Å². The number of benzene rings is 2. The number of thioether (sulfide) groups is 3. The first-order chi connectivity index (χ1) is 13.0. The molecule has 28 heavy (non-hydrogen) atoms. The Bertz CT molecular complexity index is 983. The van der Waals surface area contributed by atoms with Gasteiger partial charge in [0.1, 0.15) is 5.52 Å². The van der Waals surface area contributed by atoms with Gasteiger partial charge >= 0.3 is 11.0 Å². The molecule has 1 aromatic heterocycles. The van der Waals surface area contributed by atoms with Gasteiger partial charge in [-0.2, -0.15) is 26.3 Å². The number of halogens is 6. The van der Waals surface area contributed by atoms with Crippen LogP contribution in [0.3, 0.4) is 0 Å². The van der Waals surface area contributed by atoms with Crippen LogP contribution in [0.1, 0.15) is 6.92 Å². The third-order valence-electron chi connectivity index (χ3n) is 3.31. The molecule has 3 rings (SSSR count). The lowest BCUT2D eigenvalue weighted by molar-refractivity contribution is -0.0337. The van der Waals surface area contributed by atoms with Gasteiger partial charge in [-0.25, -0.2) is 4.98 Å². The van der Waals surface area contributed by atoms with Crippen molar-refractivity contribution in [3.8, 4) is 11.5 Å². The molecule has 150 valence electrons. The minimum atomic E-state index is -4.42. The second-order valence-electron chi connectivity index (χ2n) is 5.34. The number of nitrogens with zero attached hydrogens (tertiary/aromatic N) is 1. The lowest BCUT2D eigenvalue weighted by atomic mass is 10.2. The van der Waals surface area contributed by atoms with Gasteiger partial charge in [-0.3, -0.25) is 0 Å². The monoisotopic (exact) mass is 455 g/mol. The van der Waals surface area contributed by atoms with E-state index in [-0.39, 0.29) is 44.7 Å². The van der Waals surface area contributed by atoms with E-state index in [0.29, 0.717) is 21.8 Å². The minimum absolute atomic E-state index is 0.0278. The first-order valence-electron chi connectivity index (χ1n) is 7.73. The fourth-order valence-electron chi connectivity index (χ4n) is 2.37. The Hall–Kier alpha value is -1.46. The normalized spacial score (nSPS) is 12.7. The van der Waals surface area contributed by atoms with Crippen LogP contribution in [0.4, 0.5) is 26.3 Å². The molecule has 0 amide bonds. The number of oxazole rings is 1. The van der Waals surface area contributed by atoms with Crippen molar-refractivity contribution in [1.82, 2.24) is 4.98 Å². The summed E-state index contributed by atoms with van der Waals surface area (Å²) in [6.07, 6.45) is 0. The van der Waals surface area contributed by atoms with E-state index in [1.807, 2.05) is 6.92 Å². The van der Waals surface area contributed by atoms with Crippen LogP contribution in [0.15, 0.2) is 55.5 Å². The van der Waals surface area contributed by atoms with E-state index in [1.54, 1.807) is 0 Å². The Morgan fingerprint density at radius 3 is 2.11 bits per heavy atom. The predicted molar refractivity (Wildman–Crippen MR) is 99.7 cm³/mol. The standard InChI is InChI=1S/C17H11F6NOS3/c1-2-26-14-8-10(28-17(21,22)23)3-5-11(14)15-24-12-7-9(27-16(18,19)20)4-6-13(12)25-15/h3-8H,2H2,1H3. The fraction of sp³-hybridized carbons (Fsp3) is 0.235. The molecule has 2 aromatic carbocycles. The lowest BCUT2D eigenvalue weighted by Crippen LogP contribution is -1.99. The van der Waals surface area contributed by atoms with Gasteiger partial charge in [0, 0.05) is 14.7 Å². The van der Waals surface area contributed by atoms with Crippen molar-refractivity contribution in [3.05, 3.63) is 36.4 Å². The summed E-state index contributed by atoms with van der Waals surface area (Å²) in [6, 6.07) is 8.12. The number of alkyl halides is 6. The smallest absolute Gasteiger partial charge is 0.436 e. The third-order valence-corrected chi connectivity index (χ3v) is 5.69. The Kier molecular flexibility index (Phi) is 6.16. The molecular weight excluding hydrogens is 444 g/mol.